The second kappa shape index (κ2) is 9.17. The van der Waals surface area contributed by atoms with Gasteiger partial charge in [-0.05, 0) is 36.4 Å². The highest BCUT2D eigenvalue weighted by atomic mass is 35.5. The Morgan fingerprint density at radius 2 is 1.79 bits per heavy atom. The van der Waals surface area contributed by atoms with Gasteiger partial charge in [-0.3, -0.25) is 9.59 Å². The first-order valence-electron chi connectivity index (χ1n) is 10.5. The Kier molecular flexibility index (Phi) is 5.94. The lowest BCUT2D eigenvalue weighted by molar-refractivity contribution is -0.122. The monoisotopic (exact) mass is 473 g/mol. The predicted octanol–water partition coefficient (Wildman–Crippen LogP) is 6.12. The third kappa shape index (κ3) is 4.67. The molecule has 2 amide bonds. The van der Waals surface area contributed by atoms with Gasteiger partial charge in [0.1, 0.15) is 5.01 Å². The number of carbonyl (C=O) groups excluding carboxylic acids is 2. The van der Waals surface area contributed by atoms with Crippen LogP contribution in [-0.2, 0) is 9.59 Å². The largest absolute Gasteiger partial charge is 0.326 e. The van der Waals surface area contributed by atoms with E-state index in [-0.39, 0.29) is 18.2 Å². The number of para-hydroxylation sites is 1. The van der Waals surface area contributed by atoms with Gasteiger partial charge in [0.15, 0.2) is 0 Å². The van der Waals surface area contributed by atoms with Crippen LogP contribution >= 0.6 is 22.9 Å². The van der Waals surface area contributed by atoms with Crippen molar-refractivity contribution < 1.29 is 9.59 Å². The second-order valence-electron chi connectivity index (χ2n) is 7.86. The molecule has 0 aliphatic carbocycles. The van der Waals surface area contributed by atoms with E-state index in [9.17, 15) is 9.59 Å². The van der Waals surface area contributed by atoms with Crippen molar-refractivity contribution >= 4 is 46.1 Å². The maximum absolute atomic E-state index is 12.9. The summed E-state index contributed by atoms with van der Waals surface area (Å²) in [5, 5.41) is 6.57. The zero-order valence-corrected chi connectivity index (χ0v) is 19.1. The van der Waals surface area contributed by atoms with Crippen molar-refractivity contribution in [3.8, 4) is 21.8 Å². The van der Waals surface area contributed by atoms with Crippen molar-refractivity contribution in [2.24, 2.45) is 5.92 Å². The van der Waals surface area contributed by atoms with E-state index in [0.717, 1.165) is 27.5 Å². The van der Waals surface area contributed by atoms with Crippen molar-refractivity contribution in [2.75, 3.05) is 16.8 Å². The van der Waals surface area contributed by atoms with Crippen molar-refractivity contribution in [3.05, 3.63) is 89.3 Å². The molecule has 0 bridgehead atoms. The normalized spacial score (nSPS) is 15.6. The van der Waals surface area contributed by atoms with Gasteiger partial charge in [-0.15, -0.1) is 11.3 Å². The Morgan fingerprint density at radius 3 is 2.58 bits per heavy atom. The van der Waals surface area contributed by atoms with Crippen LogP contribution in [0.3, 0.4) is 0 Å². The molecule has 1 saturated heterocycles. The van der Waals surface area contributed by atoms with Gasteiger partial charge < -0.3 is 10.2 Å². The molecule has 0 saturated carbocycles. The van der Waals surface area contributed by atoms with Gasteiger partial charge in [0, 0.05) is 45.9 Å². The number of rotatable bonds is 5. The Labute approximate surface area is 200 Å². The zero-order valence-electron chi connectivity index (χ0n) is 17.6. The predicted molar refractivity (Wildman–Crippen MR) is 134 cm³/mol. The van der Waals surface area contributed by atoms with Crippen LogP contribution in [-0.4, -0.2) is 23.3 Å². The minimum Gasteiger partial charge on any atom is -0.326 e. The number of hydrogen-bond donors (Lipinski definition) is 1. The van der Waals surface area contributed by atoms with E-state index in [2.05, 4.69) is 5.32 Å². The summed E-state index contributed by atoms with van der Waals surface area (Å²) >= 11 is 7.54. The van der Waals surface area contributed by atoms with Crippen LogP contribution in [0.2, 0.25) is 5.02 Å². The lowest BCUT2D eigenvalue weighted by Gasteiger charge is -2.16. The topological polar surface area (TPSA) is 62.3 Å². The minimum atomic E-state index is -0.392. The molecule has 0 radical (unpaired) electrons. The fraction of sp³-hybridized carbons (Fsp3) is 0.115. The summed E-state index contributed by atoms with van der Waals surface area (Å²) in [5.41, 5.74) is 4.27. The van der Waals surface area contributed by atoms with Crippen LogP contribution in [0.25, 0.3) is 21.8 Å². The fourth-order valence-electron chi connectivity index (χ4n) is 3.87. The lowest BCUT2D eigenvalue weighted by atomic mass is 10.1. The Hall–Kier alpha value is -3.48. The molecule has 0 spiro atoms. The molecule has 4 aromatic rings. The molecule has 3 aromatic carbocycles. The molecule has 5 rings (SSSR count). The van der Waals surface area contributed by atoms with Crippen LogP contribution in [0.1, 0.15) is 6.42 Å². The molecule has 5 nitrogen and oxygen atoms in total. The standard InChI is InChI=1S/C26H20ClN3O2S/c27-20-11-9-17(10-12-20)26-29-23(16-33-26)18-5-4-6-21(13-18)28-25(32)19-14-24(31)30(15-19)22-7-2-1-3-8-22/h1-13,16,19H,14-15H2,(H,28,32). The lowest BCUT2D eigenvalue weighted by Crippen LogP contribution is -2.28. The van der Waals surface area contributed by atoms with Crippen molar-refractivity contribution in [3.63, 3.8) is 0 Å². The molecule has 1 atom stereocenters. The molecule has 164 valence electrons. The highest BCUT2D eigenvalue weighted by Crippen LogP contribution is 2.31. The number of hydrogen-bond acceptors (Lipinski definition) is 4. The second-order valence-corrected chi connectivity index (χ2v) is 9.15. The van der Waals surface area contributed by atoms with Crippen LogP contribution in [0.4, 0.5) is 11.4 Å². The maximum atomic E-state index is 12.9. The molecule has 33 heavy (non-hydrogen) atoms. The highest BCUT2D eigenvalue weighted by molar-refractivity contribution is 7.13. The molecule has 1 aromatic heterocycles. The van der Waals surface area contributed by atoms with Gasteiger partial charge in [-0.1, -0.05) is 54.1 Å². The van der Waals surface area contributed by atoms with E-state index in [1.54, 1.807) is 16.2 Å². The Morgan fingerprint density at radius 1 is 1.00 bits per heavy atom. The maximum Gasteiger partial charge on any atom is 0.229 e. The van der Waals surface area contributed by atoms with Crippen LogP contribution < -0.4 is 10.2 Å². The van der Waals surface area contributed by atoms with E-state index < -0.39 is 5.92 Å². The average molecular weight is 474 g/mol. The average Bonchev–Trinajstić information content (AvgIpc) is 3.48. The fourth-order valence-corrected chi connectivity index (χ4v) is 4.83. The molecular formula is C26H20ClN3O2S. The number of amides is 2. The van der Waals surface area contributed by atoms with Crippen LogP contribution in [0.15, 0.2) is 84.2 Å². The molecular weight excluding hydrogens is 454 g/mol. The summed E-state index contributed by atoms with van der Waals surface area (Å²) in [6.45, 7) is 0.380. The third-order valence-electron chi connectivity index (χ3n) is 5.58. The van der Waals surface area contributed by atoms with Crippen molar-refractivity contribution in [1.29, 1.82) is 0 Å². The number of carbonyl (C=O) groups is 2. The first-order valence-corrected chi connectivity index (χ1v) is 11.8. The summed E-state index contributed by atoms with van der Waals surface area (Å²) < 4.78 is 0. The van der Waals surface area contributed by atoms with Crippen LogP contribution in [0, 0.1) is 5.92 Å². The summed E-state index contributed by atoms with van der Waals surface area (Å²) in [6, 6.07) is 24.6. The number of nitrogens with one attached hydrogen (secondary N) is 1. The SMILES string of the molecule is O=C(Nc1cccc(-c2csc(-c3ccc(Cl)cc3)n2)c1)C1CC(=O)N(c2ccccc2)C1. The van der Waals surface area contributed by atoms with Gasteiger partial charge >= 0.3 is 0 Å². The first-order chi connectivity index (χ1) is 16.1. The quantitative estimate of drug-likeness (QED) is 0.379. The number of thiazole rings is 1. The number of nitrogens with zero attached hydrogens (tertiary/aromatic N) is 2. The number of benzene rings is 3. The Bertz CT molecular complexity index is 1300. The smallest absolute Gasteiger partial charge is 0.229 e. The zero-order chi connectivity index (χ0) is 22.8. The van der Waals surface area contributed by atoms with Crippen molar-refractivity contribution in [2.45, 2.75) is 6.42 Å². The highest BCUT2D eigenvalue weighted by Gasteiger charge is 2.35. The van der Waals surface area contributed by atoms with Crippen LogP contribution in [0.5, 0.6) is 0 Å². The molecule has 1 aliphatic heterocycles. The molecule has 7 heteroatoms. The van der Waals surface area contributed by atoms with Crippen molar-refractivity contribution in [1.82, 2.24) is 4.98 Å². The number of halogens is 1. The van der Waals surface area contributed by atoms with Gasteiger partial charge in [-0.2, -0.15) is 0 Å². The molecule has 1 unspecified atom stereocenters. The molecule has 1 fully saturated rings. The number of anilines is 2. The van der Waals surface area contributed by atoms with E-state index in [4.69, 9.17) is 16.6 Å². The molecule has 2 heterocycles. The summed E-state index contributed by atoms with van der Waals surface area (Å²) in [5.74, 6) is -0.580. The van der Waals surface area contributed by atoms with Gasteiger partial charge in [0.25, 0.3) is 0 Å². The first kappa shape index (κ1) is 21.4. The van der Waals surface area contributed by atoms with E-state index in [1.165, 1.54) is 0 Å². The number of aromatic nitrogens is 1. The summed E-state index contributed by atoms with van der Waals surface area (Å²) in [4.78, 5) is 31.8. The van der Waals surface area contributed by atoms with E-state index in [0.29, 0.717) is 17.3 Å². The van der Waals surface area contributed by atoms with E-state index >= 15 is 0 Å². The van der Waals surface area contributed by atoms with Gasteiger partial charge in [-0.25, -0.2) is 4.98 Å². The Balaban J connectivity index is 1.29. The summed E-state index contributed by atoms with van der Waals surface area (Å²) in [7, 11) is 0. The summed E-state index contributed by atoms with van der Waals surface area (Å²) in [6.07, 6.45) is 0.205. The van der Waals surface area contributed by atoms with E-state index in [1.807, 2.05) is 84.2 Å². The van der Waals surface area contributed by atoms with Gasteiger partial charge in [0.2, 0.25) is 11.8 Å². The van der Waals surface area contributed by atoms with Gasteiger partial charge in [0.05, 0.1) is 11.6 Å². The third-order valence-corrected chi connectivity index (χ3v) is 6.73. The minimum absolute atomic E-state index is 0.0349. The molecule has 1 N–H and O–H groups in total. The molecule has 1 aliphatic rings.